The molecule has 4 rings (SSSR count). The molecule has 1 fully saturated rings. The van der Waals surface area contributed by atoms with Gasteiger partial charge in [0.15, 0.2) is 0 Å². The van der Waals surface area contributed by atoms with Gasteiger partial charge in [0, 0.05) is 47.7 Å². The minimum Gasteiger partial charge on any atom is -0.475 e. The highest BCUT2D eigenvalue weighted by Gasteiger charge is 2.38. The van der Waals surface area contributed by atoms with Crippen molar-refractivity contribution in [1.82, 2.24) is 4.90 Å². The molecule has 5 nitrogen and oxygen atoms in total. The van der Waals surface area contributed by atoms with Gasteiger partial charge in [-0.2, -0.15) is 13.2 Å². The molecule has 10 heteroatoms. The minimum atomic E-state index is -5.08. The first-order chi connectivity index (χ1) is 15.0. The number of aliphatic carboxylic acids is 1. The molecule has 2 heterocycles. The van der Waals surface area contributed by atoms with Gasteiger partial charge in [-0.25, -0.2) is 4.79 Å². The molecule has 2 aliphatic heterocycles. The van der Waals surface area contributed by atoms with Crippen LogP contribution < -0.4 is 4.90 Å². The Balaban J connectivity index is 0.000000360. The highest BCUT2D eigenvalue weighted by Crippen LogP contribution is 2.41. The maximum Gasteiger partial charge on any atom is 0.490 e. The molecule has 0 bridgehead atoms. The average molecular weight is 489 g/mol. The van der Waals surface area contributed by atoms with Gasteiger partial charge in [-0.1, -0.05) is 41.4 Å². The first-order valence-corrected chi connectivity index (χ1v) is 10.6. The molecule has 0 saturated carbocycles. The molecule has 0 aliphatic carbocycles. The lowest BCUT2D eigenvalue weighted by atomic mass is 9.83. The quantitative estimate of drug-likeness (QED) is 0.620. The fourth-order valence-corrected chi connectivity index (χ4v) is 4.61. The van der Waals surface area contributed by atoms with E-state index < -0.39 is 12.1 Å². The van der Waals surface area contributed by atoms with Crippen molar-refractivity contribution >= 4 is 40.8 Å². The van der Waals surface area contributed by atoms with E-state index in [0.29, 0.717) is 16.5 Å². The number of hydrogen-bond donors (Lipinski definition) is 1. The van der Waals surface area contributed by atoms with Crippen LogP contribution in [0.15, 0.2) is 36.4 Å². The predicted molar refractivity (Wildman–Crippen MR) is 116 cm³/mol. The first-order valence-electron chi connectivity index (χ1n) is 9.84. The standard InChI is InChI=1S/C20H20Cl2N2O.C2HF3O2/c1-23-11-16(15-9-13(21)10-18(22)17(15)12-23)14-5-2-3-6-19(14)24-8-4-7-20(24)25;3-2(4,5)1(6)7/h2-3,5-6,9-10,16H,4,7-8,11-12H2,1H3;(H,6,7)/t16-;/m0./s1. The Bertz CT molecular complexity index is 1030. The summed E-state index contributed by atoms with van der Waals surface area (Å²) in [7, 11) is 2.10. The van der Waals surface area contributed by atoms with Crippen LogP contribution in [-0.4, -0.2) is 48.2 Å². The average Bonchev–Trinajstić information content (AvgIpc) is 3.13. The number of para-hydroxylation sites is 1. The Labute approximate surface area is 193 Å². The molecule has 2 aromatic rings. The number of benzene rings is 2. The van der Waals surface area contributed by atoms with E-state index in [4.69, 9.17) is 33.1 Å². The monoisotopic (exact) mass is 488 g/mol. The number of carboxylic acid groups (broad SMARTS) is 1. The van der Waals surface area contributed by atoms with Gasteiger partial charge in [0.2, 0.25) is 5.91 Å². The van der Waals surface area contributed by atoms with Crippen molar-refractivity contribution in [2.75, 3.05) is 25.0 Å². The summed E-state index contributed by atoms with van der Waals surface area (Å²) in [5, 5.41) is 8.50. The summed E-state index contributed by atoms with van der Waals surface area (Å²) in [6.07, 6.45) is -3.53. The van der Waals surface area contributed by atoms with E-state index in [1.165, 1.54) is 11.1 Å². The molecular weight excluding hydrogens is 468 g/mol. The van der Waals surface area contributed by atoms with Crippen LogP contribution in [0.5, 0.6) is 0 Å². The maximum atomic E-state index is 12.3. The summed E-state index contributed by atoms with van der Waals surface area (Å²) in [6.45, 7) is 2.48. The highest BCUT2D eigenvalue weighted by atomic mass is 35.5. The van der Waals surface area contributed by atoms with E-state index in [2.05, 4.69) is 24.1 Å². The Morgan fingerprint density at radius 2 is 1.81 bits per heavy atom. The number of amides is 1. The summed E-state index contributed by atoms with van der Waals surface area (Å²) >= 11 is 12.8. The SMILES string of the molecule is CN1Cc2c(Cl)cc(Cl)cc2[C@H](c2ccccc2N2CCCC2=O)C1.O=C(O)C(F)(F)F. The molecule has 2 aliphatic rings. The van der Waals surface area contributed by atoms with Crippen molar-refractivity contribution in [2.24, 2.45) is 0 Å². The van der Waals surface area contributed by atoms with Crippen molar-refractivity contribution in [2.45, 2.75) is 31.5 Å². The minimum absolute atomic E-state index is 0.148. The van der Waals surface area contributed by atoms with Gasteiger partial charge in [-0.3, -0.25) is 4.79 Å². The predicted octanol–water partition coefficient (Wildman–Crippen LogP) is 5.33. The number of likely N-dealkylation sites (N-methyl/N-ethyl adjacent to an activating group) is 1. The first kappa shape index (κ1) is 24.4. The summed E-state index contributed by atoms with van der Waals surface area (Å²) in [5.41, 5.74) is 4.50. The van der Waals surface area contributed by atoms with Gasteiger partial charge < -0.3 is 14.9 Å². The van der Waals surface area contributed by atoms with Crippen LogP contribution >= 0.6 is 23.2 Å². The Kier molecular flexibility index (Phi) is 7.37. The largest absolute Gasteiger partial charge is 0.490 e. The fourth-order valence-electron chi connectivity index (χ4n) is 4.04. The zero-order chi connectivity index (χ0) is 23.6. The second-order valence-electron chi connectivity index (χ2n) is 7.72. The number of alkyl halides is 3. The zero-order valence-electron chi connectivity index (χ0n) is 17.1. The fraction of sp³-hybridized carbons (Fsp3) is 0.364. The molecule has 1 amide bonds. The van der Waals surface area contributed by atoms with Gasteiger partial charge >= 0.3 is 12.1 Å². The number of hydrogen-bond acceptors (Lipinski definition) is 3. The van der Waals surface area contributed by atoms with Crippen molar-refractivity contribution in [1.29, 1.82) is 0 Å². The third-order valence-electron chi connectivity index (χ3n) is 5.41. The number of rotatable bonds is 2. The summed E-state index contributed by atoms with van der Waals surface area (Å²) in [6, 6.07) is 12.1. The Morgan fingerprint density at radius 1 is 1.16 bits per heavy atom. The van der Waals surface area contributed by atoms with Crippen LogP contribution in [0.25, 0.3) is 0 Å². The van der Waals surface area contributed by atoms with Crippen LogP contribution in [0.1, 0.15) is 35.4 Å². The third-order valence-corrected chi connectivity index (χ3v) is 5.97. The van der Waals surface area contributed by atoms with E-state index in [0.717, 1.165) is 37.3 Å². The van der Waals surface area contributed by atoms with Gasteiger partial charge in [-0.05, 0) is 48.4 Å². The number of carbonyl (C=O) groups is 2. The van der Waals surface area contributed by atoms with Crippen LogP contribution in [0.3, 0.4) is 0 Å². The number of nitrogens with zero attached hydrogens (tertiary/aromatic N) is 2. The number of halogens is 5. The number of carboxylic acids is 1. The second-order valence-corrected chi connectivity index (χ2v) is 8.56. The number of carbonyl (C=O) groups excluding carboxylic acids is 1. The second kappa shape index (κ2) is 9.68. The van der Waals surface area contributed by atoms with Crippen LogP contribution in [0.4, 0.5) is 18.9 Å². The number of anilines is 1. The molecular formula is C22H21Cl2F3N2O3. The number of fused-ring (bicyclic) bond motifs is 1. The Hall–Kier alpha value is -2.29. The van der Waals surface area contributed by atoms with E-state index in [1.54, 1.807) is 0 Å². The smallest absolute Gasteiger partial charge is 0.475 e. The molecule has 1 saturated heterocycles. The van der Waals surface area contributed by atoms with Gasteiger partial charge in [-0.15, -0.1) is 0 Å². The van der Waals surface area contributed by atoms with E-state index in [9.17, 15) is 18.0 Å². The summed E-state index contributed by atoms with van der Waals surface area (Å²) in [4.78, 5) is 25.4. The normalized spacial score (nSPS) is 18.8. The van der Waals surface area contributed by atoms with Crippen molar-refractivity contribution in [3.63, 3.8) is 0 Å². The summed E-state index contributed by atoms with van der Waals surface area (Å²) in [5.74, 6) is -2.40. The van der Waals surface area contributed by atoms with Crippen LogP contribution in [-0.2, 0) is 16.1 Å². The molecule has 2 aromatic carbocycles. The van der Waals surface area contributed by atoms with Crippen molar-refractivity contribution in [3.8, 4) is 0 Å². The third kappa shape index (κ3) is 5.36. The molecule has 0 aromatic heterocycles. The van der Waals surface area contributed by atoms with E-state index in [-0.39, 0.29) is 11.8 Å². The lowest BCUT2D eigenvalue weighted by Crippen LogP contribution is -2.33. The van der Waals surface area contributed by atoms with Gasteiger partial charge in [0.25, 0.3) is 0 Å². The highest BCUT2D eigenvalue weighted by molar-refractivity contribution is 6.35. The zero-order valence-corrected chi connectivity index (χ0v) is 18.6. The van der Waals surface area contributed by atoms with Crippen molar-refractivity contribution < 1.29 is 27.9 Å². The lowest BCUT2D eigenvalue weighted by Gasteiger charge is -2.35. The Morgan fingerprint density at radius 3 is 2.41 bits per heavy atom. The van der Waals surface area contributed by atoms with Crippen LogP contribution in [0, 0.1) is 0 Å². The molecule has 0 spiro atoms. The lowest BCUT2D eigenvalue weighted by molar-refractivity contribution is -0.192. The molecule has 0 unspecified atom stereocenters. The van der Waals surface area contributed by atoms with Crippen LogP contribution in [0.2, 0.25) is 10.0 Å². The molecule has 1 atom stereocenters. The van der Waals surface area contributed by atoms with Crippen molar-refractivity contribution in [3.05, 3.63) is 63.1 Å². The van der Waals surface area contributed by atoms with Gasteiger partial charge in [0.05, 0.1) is 0 Å². The van der Waals surface area contributed by atoms with E-state index in [1.807, 2.05) is 29.2 Å². The molecule has 32 heavy (non-hydrogen) atoms. The molecule has 0 radical (unpaired) electrons. The summed E-state index contributed by atoms with van der Waals surface area (Å²) < 4.78 is 31.7. The topological polar surface area (TPSA) is 60.9 Å². The molecule has 1 N–H and O–H groups in total. The molecule has 172 valence electrons. The van der Waals surface area contributed by atoms with Gasteiger partial charge in [0.1, 0.15) is 0 Å². The van der Waals surface area contributed by atoms with E-state index >= 15 is 0 Å². The maximum absolute atomic E-state index is 12.3.